The molecule has 0 fully saturated rings. The molecular formula is C15H16O2S2. The zero-order chi connectivity index (χ0) is 13.8. The largest absolute Gasteiger partial charge is 0.486 e. The molecule has 0 bridgehead atoms. The molecule has 2 rings (SSSR count). The lowest BCUT2D eigenvalue weighted by Gasteiger charge is -2.08. The molecule has 1 aromatic carbocycles. The third-order valence-electron chi connectivity index (χ3n) is 2.83. The quantitative estimate of drug-likeness (QED) is 0.772. The molecule has 0 unspecified atom stereocenters. The standard InChI is InChI=1S/C15H16O2S2/c1-10(2)14(16)8-17-12-5-3-11(4-6-12)15-7-13(18)9-19-15/h3-7,10H,8-9H2,1-2H3. The highest BCUT2D eigenvalue weighted by Crippen LogP contribution is 2.33. The number of ketones is 1. The van der Waals surface area contributed by atoms with Crippen LogP contribution >= 0.6 is 24.0 Å². The fraction of sp³-hybridized carbons (Fsp3) is 0.333. The molecule has 1 aliphatic rings. The van der Waals surface area contributed by atoms with Crippen LogP contribution in [0.4, 0.5) is 0 Å². The Labute approximate surface area is 123 Å². The van der Waals surface area contributed by atoms with Crippen molar-refractivity contribution in [1.29, 1.82) is 0 Å². The van der Waals surface area contributed by atoms with Gasteiger partial charge in [0.05, 0.1) is 0 Å². The number of carbonyl (C=O) groups excluding carboxylic acids is 1. The predicted molar refractivity (Wildman–Crippen MR) is 84.8 cm³/mol. The number of hydrogen-bond donors (Lipinski definition) is 0. The van der Waals surface area contributed by atoms with Gasteiger partial charge in [-0.05, 0) is 23.8 Å². The van der Waals surface area contributed by atoms with Crippen molar-refractivity contribution in [2.75, 3.05) is 12.4 Å². The molecule has 0 aliphatic carbocycles. The van der Waals surface area contributed by atoms with Crippen molar-refractivity contribution < 1.29 is 9.53 Å². The predicted octanol–water partition coefficient (Wildman–Crippen LogP) is 3.75. The number of allylic oxidation sites excluding steroid dienone is 1. The molecule has 2 nitrogen and oxygen atoms in total. The second-order valence-electron chi connectivity index (χ2n) is 4.70. The topological polar surface area (TPSA) is 26.3 Å². The summed E-state index contributed by atoms with van der Waals surface area (Å²) in [7, 11) is 0. The number of benzene rings is 1. The monoisotopic (exact) mass is 292 g/mol. The Bertz CT molecular complexity index is 515. The Balaban J connectivity index is 1.97. The van der Waals surface area contributed by atoms with Crippen molar-refractivity contribution in [2.45, 2.75) is 13.8 Å². The van der Waals surface area contributed by atoms with Gasteiger partial charge in [0, 0.05) is 21.4 Å². The summed E-state index contributed by atoms with van der Waals surface area (Å²) in [6, 6.07) is 7.79. The maximum atomic E-state index is 11.5. The number of hydrogen-bond acceptors (Lipinski definition) is 4. The third kappa shape index (κ3) is 3.91. The summed E-state index contributed by atoms with van der Waals surface area (Å²) >= 11 is 6.91. The molecule has 0 N–H and O–H groups in total. The Morgan fingerprint density at radius 1 is 1.37 bits per heavy atom. The summed E-state index contributed by atoms with van der Waals surface area (Å²) in [5, 5.41) is 0. The van der Waals surface area contributed by atoms with Gasteiger partial charge in [0.25, 0.3) is 0 Å². The summed E-state index contributed by atoms with van der Waals surface area (Å²) in [5.41, 5.74) is 1.15. The van der Waals surface area contributed by atoms with E-state index in [4.69, 9.17) is 17.0 Å². The van der Waals surface area contributed by atoms with Crippen LogP contribution in [0.1, 0.15) is 19.4 Å². The minimum atomic E-state index is 0.0142. The molecular weight excluding hydrogens is 276 g/mol. The van der Waals surface area contributed by atoms with Crippen LogP contribution in [-0.4, -0.2) is 23.0 Å². The average molecular weight is 292 g/mol. The molecule has 0 aromatic heterocycles. The Morgan fingerprint density at radius 2 is 2.05 bits per heavy atom. The highest BCUT2D eigenvalue weighted by Gasteiger charge is 2.12. The summed E-state index contributed by atoms with van der Waals surface area (Å²) in [6.45, 7) is 3.89. The molecule has 1 aliphatic heterocycles. The molecule has 0 spiro atoms. The van der Waals surface area contributed by atoms with Crippen molar-refractivity contribution in [1.82, 2.24) is 0 Å². The molecule has 0 radical (unpaired) electrons. The number of Topliss-reactive ketones (excluding diaryl/α,β-unsaturated/α-hetero) is 1. The van der Waals surface area contributed by atoms with Gasteiger partial charge in [0.15, 0.2) is 5.78 Å². The van der Waals surface area contributed by atoms with Crippen molar-refractivity contribution in [3.8, 4) is 5.75 Å². The molecule has 0 amide bonds. The Hall–Kier alpha value is -1.13. The van der Waals surface area contributed by atoms with E-state index < -0.39 is 0 Å². The van der Waals surface area contributed by atoms with Crippen LogP contribution < -0.4 is 4.74 Å². The van der Waals surface area contributed by atoms with E-state index >= 15 is 0 Å². The van der Waals surface area contributed by atoms with Gasteiger partial charge in [-0.3, -0.25) is 4.79 Å². The lowest BCUT2D eigenvalue weighted by atomic mass is 10.1. The maximum Gasteiger partial charge on any atom is 0.172 e. The van der Waals surface area contributed by atoms with Gasteiger partial charge < -0.3 is 4.74 Å². The molecule has 4 heteroatoms. The van der Waals surface area contributed by atoms with E-state index in [0.717, 1.165) is 21.9 Å². The minimum absolute atomic E-state index is 0.0142. The van der Waals surface area contributed by atoms with Crippen LogP contribution in [0.5, 0.6) is 5.75 Å². The average Bonchev–Trinajstić information content (AvgIpc) is 2.83. The van der Waals surface area contributed by atoms with Gasteiger partial charge in [-0.15, -0.1) is 11.8 Å². The fourth-order valence-corrected chi connectivity index (χ4v) is 2.86. The molecule has 100 valence electrons. The van der Waals surface area contributed by atoms with Gasteiger partial charge in [-0.1, -0.05) is 38.2 Å². The number of thioether (sulfide) groups is 1. The minimum Gasteiger partial charge on any atom is -0.486 e. The van der Waals surface area contributed by atoms with Crippen molar-refractivity contribution in [3.63, 3.8) is 0 Å². The van der Waals surface area contributed by atoms with Crippen LogP contribution in [0.25, 0.3) is 4.91 Å². The zero-order valence-electron chi connectivity index (χ0n) is 11.0. The van der Waals surface area contributed by atoms with Crippen molar-refractivity contribution >= 4 is 39.5 Å². The number of carbonyl (C=O) groups is 1. The van der Waals surface area contributed by atoms with Crippen LogP contribution in [0.3, 0.4) is 0 Å². The van der Waals surface area contributed by atoms with E-state index in [1.54, 1.807) is 11.8 Å². The Morgan fingerprint density at radius 3 is 2.58 bits per heavy atom. The number of rotatable bonds is 5. The summed E-state index contributed by atoms with van der Waals surface area (Å²) in [6.07, 6.45) is 2.04. The molecule has 0 atom stereocenters. The van der Waals surface area contributed by atoms with Crippen molar-refractivity contribution in [3.05, 3.63) is 35.9 Å². The first-order valence-electron chi connectivity index (χ1n) is 6.19. The normalized spacial score (nSPS) is 14.7. The summed E-state index contributed by atoms with van der Waals surface area (Å²) in [5.74, 6) is 1.75. The maximum absolute atomic E-state index is 11.5. The van der Waals surface area contributed by atoms with E-state index in [-0.39, 0.29) is 18.3 Å². The highest BCUT2D eigenvalue weighted by atomic mass is 32.2. The van der Waals surface area contributed by atoms with Gasteiger partial charge in [-0.2, -0.15) is 0 Å². The van der Waals surface area contributed by atoms with E-state index in [1.165, 1.54) is 4.91 Å². The lowest BCUT2D eigenvalue weighted by molar-refractivity contribution is -0.123. The lowest BCUT2D eigenvalue weighted by Crippen LogP contribution is -2.16. The van der Waals surface area contributed by atoms with Gasteiger partial charge in [0.2, 0.25) is 0 Å². The first kappa shape index (κ1) is 14.3. The smallest absolute Gasteiger partial charge is 0.172 e. The molecule has 0 saturated heterocycles. The molecule has 1 heterocycles. The fourth-order valence-electron chi connectivity index (χ4n) is 1.58. The third-order valence-corrected chi connectivity index (χ3v) is 4.39. The van der Waals surface area contributed by atoms with E-state index in [1.807, 2.05) is 44.2 Å². The van der Waals surface area contributed by atoms with Gasteiger partial charge in [-0.25, -0.2) is 0 Å². The SMILES string of the molecule is CC(C)C(=O)COc1ccc(C2=CC(=S)CS2)cc1. The number of ether oxygens (including phenoxy) is 1. The Kier molecular flexibility index (Phi) is 4.77. The first-order valence-corrected chi connectivity index (χ1v) is 7.59. The molecule has 19 heavy (non-hydrogen) atoms. The molecule has 0 saturated carbocycles. The first-order chi connectivity index (χ1) is 9.06. The molecule has 1 aromatic rings. The highest BCUT2D eigenvalue weighted by molar-refractivity contribution is 8.10. The van der Waals surface area contributed by atoms with E-state index in [0.29, 0.717) is 0 Å². The van der Waals surface area contributed by atoms with Crippen LogP contribution in [-0.2, 0) is 4.79 Å². The van der Waals surface area contributed by atoms with Crippen molar-refractivity contribution in [2.24, 2.45) is 5.92 Å². The van der Waals surface area contributed by atoms with Gasteiger partial charge >= 0.3 is 0 Å². The van der Waals surface area contributed by atoms with Crippen LogP contribution in [0.2, 0.25) is 0 Å². The van der Waals surface area contributed by atoms with Crippen LogP contribution in [0, 0.1) is 5.92 Å². The van der Waals surface area contributed by atoms with E-state index in [9.17, 15) is 4.79 Å². The van der Waals surface area contributed by atoms with E-state index in [2.05, 4.69) is 0 Å². The second-order valence-corrected chi connectivity index (χ2v) is 6.24. The second kappa shape index (κ2) is 6.35. The summed E-state index contributed by atoms with van der Waals surface area (Å²) in [4.78, 5) is 13.7. The summed E-state index contributed by atoms with van der Waals surface area (Å²) < 4.78 is 5.47. The zero-order valence-corrected chi connectivity index (χ0v) is 12.6. The number of thiocarbonyl (C=S) groups is 1. The van der Waals surface area contributed by atoms with Gasteiger partial charge in [0.1, 0.15) is 12.4 Å². The van der Waals surface area contributed by atoms with Crippen LogP contribution in [0.15, 0.2) is 30.3 Å².